The van der Waals surface area contributed by atoms with Crippen LogP contribution >= 0.6 is 0 Å². The van der Waals surface area contributed by atoms with Crippen LogP contribution in [0.2, 0.25) is 0 Å². The minimum absolute atomic E-state index is 0.272. The minimum atomic E-state index is -3.68. The van der Waals surface area contributed by atoms with E-state index in [0.717, 1.165) is 27.8 Å². The van der Waals surface area contributed by atoms with Crippen molar-refractivity contribution in [1.29, 1.82) is 0 Å². The standard InChI is InChI=1S/C28H22O2S/c1-3-21-9-13-23(14-10-21)24-17-19-26(20-18-24)31(29,30)28-8-6-5-7-27(28)25-15-11-22(4-2)12-16-25/h3-20H,1-2H2. The second-order valence-electron chi connectivity index (χ2n) is 7.18. The van der Waals surface area contributed by atoms with Crippen molar-refractivity contribution in [2.75, 3.05) is 0 Å². The first kappa shape index (κ1) is 20.6. The summed E-state index contributed by atoms with van der Waals surface area (Å²) in [7, 11) is -3.68. The van der Waals surface area contributed by atoms with Crippen molar-refractivity contribution in [1.82, 2.24) is 0 Å². The first-order valence-corrected chi connectivity index (χ1v) is 11.4. The molecule has 31 heavy (non-hydrogen) atoms. The summed E-state index contributed by atoms with van der Waals surface area (Å²) in [4.78, 5) is 0.568. The summed E-state index contributed by atoms with van der Waals surface area (Å²) < 4.78 is 26.9. The van der Waals surface area contributed by atoms with Crippen LogP contribution in [-0.4, -0.2) is 8.42 Å². The van der Waals surface area contributed by atoms with E-state index in [1.54, 1.807) is 36.4 Å². The molecule has 0 atom stereocenters. The molecule has 0 fully saturated rings. The lowest BCUT2D eigenvalue weighted by Crippen LogP contribution is -2.04. The Labute approximate surface area is 183 Å². The molecule has 0 aliphatic heterocycles. The first-order chi connectivity index (χ1) is 15.0. The van der Waals surface area contributed by atoms with Gasteiger partial charge < -0.3 is 0 Å². The SMILES string of the molecule is C=Cc1ccc(-c2ccc(S(=O)(=O)c3ccccc3-c3ccc(C=C)cc3)cc2)cc1. The van der Waals surface area contributed by atoms with Gasteiger partial charge in [-0.25, -0.2) is 8.42 Å². The Morgan fingerprint density at radius 2 is 1.00 bits per heavy atom. The molecule has 4 aromatic carbocycles. The topological polar surface area (TPSA) is 34.1 Å². The molecule has 2 nitrogen and oxygen atoms in total. The zero-order chi connectivity index (χ0) is 21.8. The Morgan fingerprint density at radius 1 is 0.548 bits per heavy atom. The van der Waals surface area contributed by atoms with E-state index in [4.69, 9.17) is 0 Å². The van der Waals surface area contributed by atoms with Gasteiger partial charge in [0.15, 0.2) is 0 Å². The van der Waals surface area contributed by atoms with E-state index in [2.05, 4.69) is 13.2 Å². The van der Waals surface area contributed by atoms with Gasteiger partial charge in [-0.3, -0.25) is 0 Å². The molecule has 0 N–H and O–H groups in total. The molecule has 0 spiro atoms. The summed E-state index contributed by atoms with van der Waals surface area (Å²) in [5.74, 6) is 0. The third-order valence-electron chi connectivity index (χ3n) is 5.28. The highest BCUT2D eigenvalue weighted by Crippen LogP contribution is 2.32. The van der Waals surface area contributed by atoms with Gasteiger partial charge in [-0.05, 0) is 46.0 Å². The Hall–Kier alpha value is -3.69. The Balaban J connectivity index is 1.71. The number of sulfone groups is 1. The monoisotopic (exact) mass is 422 g/mol. The molecular weight excluding hydrogens is 400 g/mol. The number of hydrogen-bond donors (Lipinski definition) is 0. The van der Waals surface area contributed by atoms with Gasteiger partial charge in [-0.1, -0.05) is 104 Å². The van der Waals surface area contributed by atoms with Gasteiger partial charge in [0.2, 0.25) is 9.84 Å². The van der Waals surface area contributed by atoms with Gasteiger partial charge in [-0.2, -0.15) is 0 Å². The van der Waals surface area contributed by atoms with Crippen molar-refractivity contribution in [2.45, 2.75) is 9.79 Å². The lowest BCUT2D eigenvalue weighted by Gasteiger charge is -2.12. The van der Waals surface area contributed by atoms with E-state index in [-0.39, 0.29) is 4.90 Å². The molecule has 0 saturated heterocycles. The van der Waals surface area contributed by atoms with Gasteiger partial charge in [0, 0.05) is 5.56 Å². The maximum absolute atomic E-state index is 13.5. The smallest absolute Gasteiger partial charge is 0.207 e. The minimum Gasteiger partial charge on any atom is -0.218 e. The Bertz CT molecular complexity index is 1330. The first-order valence-electron chi connectivity index (χ1n) is 9.93. The van der Waals surface area contributed by atoms with Crippen LogP contribution in [-0.2, 0) is 9.84 Å². The normalized spacial score (nSPS) is 11.1. The highest BCUT2D eigenvalue weighted by atomic mass is 32.2. The predicted molar refractivity (Wildman–Crippen MR) is 129 cm³/mol. The van der Waals surface area contributed by atoms with Crippen molar-refractivity contribution >= 4 is 22.0 Å². The van der Waals surface area contributed by atoms with Gasteiger partial charge >= 0.3 is 0 Å². The molecule has 4 rings (SSSR count). The molecule has 0 bridgehead atoms. The fourth-order valence-electron chi connectivity index (χ4n) is 3.50. The average Bonchev–Trinajstić information content (AvgIpc) is 2.84. The van der Waals surface area contributed by atoms with Crippen LogP contribution in [0.15, 0.2) is 120 Å². The Morgan fingerprint density at radius 3 is 1.52 bits per heavy atom. The van der Waals surface area contributed by atoms with Crippen LogP contribution in [0.5, 0.6) is 0 Å². The molecule has 152 valence electrons. The zero-order valence-corrected chi connectivity index (χ0v) is 17.8. The van der Waals surface area contributed by atoms with Crippen molar-refractivity contribution in [2.24, 2.45) is 0 Å². The molecule has 0 aromatic heterocycles. The average molecular weight is 423 g/mol. The van der Waals surface area contributed by atoms with Crippen molar-refractivity contribution < 1.29 is 8.42 Å². The highest BCUT2D eigenvalue weighted by Gasteiger charge is 2.21. The van der Waals surface area contributed by atoms with E-state index < -0.39 is 9.84 Å². The van der Waals surface area contributed by atoms with Crippen LogP contribution in [0, 0.1) is 0 Å². The van der Waals surface area contributed by atoms with Crippen molar-refractivity contribution in [3.63, 3.8) is 0 Å². The summed E-state index contributed by atoms with van der Waals surface area (Å²) in [6.45, 7) is 7.53. The fraction of sp³-hybridized carbons (Fsp3) is 0. The lowest BCUT2D eigenvalue weighted by molar-refractivity contribution is 0.596. The van der Waals surface area contributed by atoms with E-state index >= 15 is 0 Å². The number of rotatable bonds is 6. The number of benzene rings is 4. The predicted octanol–water partition coefficient (Wildman–Crippen LogP) is 7.14. The molecular formula is C28H22O2S. The van der Waals surface area contributed by atoms with Crippen LogP contribution in [0.25, 0.3) is 34.4 Å². The van der Waals surface area contributed by atoms with E-state index in [0.29, 0.717) is 10.5 Å². The largest absolute Gasteiger partial charge is 0.218 e. The maximum atomic E-state index is 13.5. The molecule has 0 unspecified atom stereocenters. The van der Waals surface area contributed by atoms with Crippen LogP contribution in [0.1, 0.15) is 11.1 Å². The molecule has 4 aromatic rings. The van der Waals surface area contributed by atoms with Crippen LogP contribution in [0.3, 0.4) is 0 Å². The molecule has 3 heteroatoms. The second kappa shape index (κ2) is 8.58. The van der Waals surface area contributed by atoms with Crippen LogP contribution < -0.4 is 0 Å². The maximum Gasteiger partial charge on any atom is 0.207 e. The summed E-state index contributed by atoms with van der Waals surface area (Å²) in [5.41, 5.74) is 5.55. The molecule has 0 radical (unpaired) electrons. The summed E-state index contributed by atoms with van der Waals surface area (Å²) in [5, 5.41) is 0. The number of hydrogen-bond acceptors (Lipinski definition) is 2. The van der Waals surface area contributed by atoms with Crippen LogP contribution in [0.4, 0.5) is 0 Å². The summed E-state index contributed by atoms with van der Waals surface area (Å²) >= 11 is 0. The van der Waals surface area contributed by atoms with Gasteiger partial charge in [0.25, 0.3) is 0 Å². The third-order valence-corrected chi connectivity index (χ3v) is 7.11. The molecule has 0 aliphatic rings. The molecule has 0 aliphatic carbocycles. The van der Waals surface area contributed by atoms with E-state index in [1.807, 2.05) is 72.8 Å². The quantitative estimate of drug-likeness (QED) is 0.331. The zero-order valence-electron chi connectivity index (χ0n) is 17.0. The highest BCUT2D eigenvalue weighted by molar-refractivity contribution is 7.91. The molecule has 0 saturated carbocycles. The lowest BCUT2D eigenvalue weighted by atomic mass is 10.0. The van der Waals surface area contributed by atoms with E-state index in [1.165, 1.54) is 0 Å². The molecule has 0 heterocycles. The second-order valence-corrected chi connectivity index (χ2v) is 9.09. The van der Waals surface area contributed by atoms with Gasteiger partial charge in [-0.15, -0.1) is 0 Å². The van der Waals surface area contributed by atoms with Crippen molar-refractivity contribution in [3.8, 4) is 22.3 Å². The van der Waals surface area contributed by atoms with Crippen molar-refractivity contribution in [3.05, 3.63) is 121 Å². The van der Waals surface area contributed by atoms with Gasteiger partial charge in [0.1, 0.15) is 0 Å². The molecule has 0 amide bonds. The summed E-state index contributed by atoms with van der Waals surface area (Å²) in [6, 6.07) is 29.8. The third kappa shape index (κ3) is 4.14. The Kier molecular flexibility index (Phi) is 5.70. The van der Waals surface area contributed by atoms with E-state index in [9.17, 15) is 8.42 Å². The van der Waals surface area contributed by atoms with Gasteiger partial charge in [0.05, 0.1) is 9.79 Å². The fourth-order valence-corrected chi connectivity index (χ4v) is 4.98. The summed E-state index contributed by atoms with van der Waals surface area (Å²) in [6.07, 6.45) is 3.56.